The van der Waals surface area contributed by atoms with Crippen molar-refractivity contribution in [2.75, 3.05) is 27.2 Å². The Labute approximate surface area is 130 Å². The summed E-state index contributed by atoms with van der Waals surface area (Å²) in [6, 6.07) is 3.61. The minimum Gasteiger partial charge on any atom is -0.384 e. The number of rotatable bonds is 4. The number of amides is 1. The lowest BCUT2D eigenvalue weighted by molar-refractivity contribution is 0.0904. The maximum absolute atomic E-state index is 12.2. The lowest BCUT2D eigenvalue weighted by atomic mass is 9.96. The highest BCUT2D eigenvalue weighted by Crippen LogP contribution is 2.33. The molecule has 0 saturated heterocycles. The molecule has 0 spiro atoms. The fourth-order valence-corrected chi connectivity index (χ4v) is 3.60. The van der Waals surface area contributed by atoms with Gasteiger partial charge in [-0.15, -0.1) is 11.3 Å². The van der Waals surface area contributed by atoms with Gasteiger partial charge in [0.1, 0.15) is 6.61 Å². The lowest BCUT2D eigenvalue weighted by Crippen LogP contribution is -2.50. The van der Waals surface area contributed by atoms with Crippen LogP contribution in [0.4, 0.5) is 0 Å². The molecule has 0 bridgehead atoms. The van der Waals surface area contributed by atoms with Crippen LogP contribution in [0, 0.1) is 11.8 Å². The summed E-state index contributed by atoms with van der Waals surface area (Å²) in [6.45, 7) is 0.527. The Balaban J connectivity index is 1.96. The van der Waals surface area contributed by atoms with Gasteiger partial charge in [0.2, 0.25) is 0 Å². The molecule has 1 aromatic heterocycles. The van der Waals surface area contributed by atoms with Gasteiger partial charge in [-0.3, -0.25) is 4.79 Å². The Hall–Kier alpha value is -1.35. The van der Waals surface area contributed by atoms with E-state index in [9.17, 15) is 4.79 Å². The Bertz CT molecular complexity index is 548. The van der Waals surface area contributed by atoms with E-state index < -0.39 is 0 Å². The van der Waals surface area contributed by atoms with Crippen LogP contribution in [0.5, 0.6) is 0 Å². The van der Waals surface area contributed by atoms with Crippen LogP contribution in [-0.2, 0) is 0 Å². The number of nitrogens with zero attached hydrogens (tertiary/aromatic N) is 1. The van der Waals surface area contributed by atoms with Crippen LogP contribution in [-0.4, -0.2) is 48.7 Å². The molecule has 2 N–H and O–H groups in total. The van der Waals surface area contributed by atoms with E-state index >= 15 is 0 Å². The molecule has 1 aliphatic rings. The molecule has 1 amide bonds. The first-order valence-electron chi connectivity index (χ1n) is 7.23. The van der Waals surface area contributed by atoms with Gasteiger partial charge in [-0.05, 0) is 39.1 Å². The number of aliphatic hydroxyl groups excluding tert-OH is 1. The monoisotopic (exact) mass is 306 g/mol. The summed E-state index contributed by atoms with van der Waals surface area (Å²) in [5, 5.41) is 11.7. The molecular weight excluding hydrogens is 284 g/mol. The zero-order valence-electron chi connectivity index (χ0n) is 12.6. The number of thiophene rings is 1. The van der Waals surface area contributed by atoms with Crippen molar-refractivity contribution >= 4 is 17.2 Å². The standard InChI is InChI=1S/C16H22N2O2S/c1-18(2)16(9-3-4-10-16)12-17-15(20)14-8-7-13(21-14)6-5-11-19/h7-8,19H,3-4,9-12H2,1-2H3,(H,17,20). The lowest BCUT2D eigenvalue weighted by Gasteiger charge is -2.36. The van der Waals surface area contributed by atoms with E-state index in [4.69, 9.17) is 5.11 Å². The van der Waals surface area contributed by atoms with E-state index in [0.29, 0.717) is 11.4 Å². The van der Waals surface area contributed by atoms with Crippen molar-refractivity contribution in [1.29, 1.82) is 0 Å². The summed E-state index contributed by atoms with van der Waals surface area (Å²) in [5.74, 6) is 5.38. The fraction of sp³-hybridized carbons (Fsp3) is 0.562. The van der Waals surface area contributed by atoms with Gasteiger partial charge in [-0.25, -0.2) is 0 Å². The number of carbonyl (C=O) groups is 1. The second-order valence-electron chi connectivity index (χ2n) is 5.63. The number of likely N-dealkylation sites (N-methyl/N-ethyl adjacent to an activating group) is 1. The molecule has 1 heterocycles. The molecule has 0 aliphatic heterocycles. The van der Waals surface area contributed by atoms with E-state index in [0.717, 1.165) is 17.7 Å². The first-order chi connectivity index (χ1) is 10.1. The van der Waals surface area contributed by atoms with Crippen LogP contribution in [0.25, 0.3) is 0 Å². The Morgan fingerprint density at radius 1 is 1.43 bits per heavy atom. The van der Waals surface area contributed by atoms with Crippen LogP contribution in [0.15, 0.2) is 12.1 Å². The summed E-state index contributed by atoms with van der Waals surface area (Å²) in [7, 11) is 4.18. The molecule has 0 unspecified atom stereocenters. The minimum absolute atomic E-state index is 0.0369. The molecule has 0 radical (unpaired) electrons. The third kappa shape index (κ3) is 3.85. The van der Waals surface area contributed by atoms with E-state index in [2.05, 4.69) is 36.2 Å². The van der Waals surface area contributed by atoms with Crippen LogP contribution in [0.3, 0.4) is 0 Å². The molecule has 4 nitrogen and oxygen atoms in total. The molecule has 21 heavy (non-hydrogen) atoms. The molecule has 0 aromatic carbocycles. The van der Waals surface area contributed by atoms with Gasteiger partial charge in [0.15, 0.2) is 0 Å². The smallest absolute Gasteiger partial charge is 0.261 e. The highest BCUT2D eigenvalue weighted by Gasteiger charge is 2.36. The Morgan fingerprint density at radius 3 is 2.76 bits per heavy atom. The van der Waals surface area contributed by atoms with Crippen LogP contribution < -0.4 is 5.32 Å². The van der Waals surface area contributed by atoms with Crippen molar-refractivity contribution in [2.45, 2.75) is 31.2 Å². The quantitative estimate of drug-likeness (QED) is 0.833. The normalized spacial score (nSPS) is 16.6. The number of hydrogen-bond acceptors (Lipinski definition) is 4. The summed E-state index contributed by atoms with van der Waals surface area (Å²) >= 11 is 1.36. The molecule has 1 saturated carbocycles. The van der Waals surface area contributed by atoms with Gasteiger partial charge in [-0.2, -0.15) is 0 Å². The van der Waals surface area contributed by atoms with Gasteiger partial charge < -0.3 is 15.3 Å². The highest BCUT2D eigenvalue weighted by molar-refractivity contribution is 7.14. The molecule has 1 fully saturated rings. The molecule has 5 heteroatoms. The zero-order chi connectivity index (χ0) is 15.3. The molecule has 2 rings (SSSR count). The average molecular weight is 306 g/mol. The fourth-order valence-electron chi connectivity index (χ4n) is 2.80. The SMILES string of the molecule is CN(C)C1(CNC(=O)c2ccc(C#CCO)s2)CCCC1. The first-order valence-corrected chi connectivity index (χ1v) is 8.04. The summed E-state index contributed by atoms with van der Waals surface area (Å²) in [6.07, 6.45) is 4.73. The van der Waals surface area contributed by atoms with E-state index in [1.54, 1.807) is 6.07 Å². The van der Waals surface area contributed by atoms with Crippen LogP contribution in [0.1, 0.15) is 40.2 Å². The largest absolute Gasteiger partial charge is 0.384 e. The van der Waals surface area contributed by atoms with Crippen LogP contribution >= 0.6 is 11.3 Å². The van der Waals surface area contributed by atoms with Gasteiger partial charge in [0, 0.05) is 12.1 Å². The first kappa shape index (κ1) is 16.0. The number of hydrogen-bond donors (Lipinski definition) is 2. The van der Waals surface area contributed by atoms with Crippen molar-refractivity contribution in [3.63, 3.8) is 0 Å². The minimum atomic E-state index is -0.162. The second kappa shape index (κ2) is 7.08. The average Bonchev–Trinajstić information content (AvgIpc) is 3.12. The van der Waals surface area contributed by atoms with E-state index in [-0.39, 0.29) is 18.1 Å². The van der Waals surface area contributed by atoms with E-state index in [1.165, 1.54) is 24.2 Å². The van der Waals surface area contributed by atoms with Crippen molar-refractivity contribution in [1.82, 2.24) is 10.2 Å². The van der Waals surface area contributed by atoms with Crippen molar-refractivity contribution < 1.29 is 9.90 Å². The summed E-state index contributed by atoms with van der Waals surface area (Å²) in [4.78, 5) is 16.0. The van der Waals surface area contributed by atoms with Crippen molar-refractivity contribution in [3.8, 4) is 11.8 Å². The third-order valence-electron chi connectivity index (χ3n) is 4.18. The number of aliphatic hydroxyl groups is 1. The van der Waals surface area contributed by atoms with Crippen molar-refractivity contribution in [2.24, 2.45) is 0 Å². The second-order valence-corrected chi connectivity index (χ2v) is 6.72. The van der Waals surface area contributed by atoms with Crippen molar-refractivity contribution in [3.05, 3.63) is 21.9 Å². The number of nitrogens with one attached hydrogen (secondary N) is 1. The third-order valence-corrected chi connectivity index (χ3v) is 5.18. The molecule has 114 valence electrons. The Kier molecular flexibility index (Phi) is 5.40. The molecular formula is C16H22N2O2S. The predicted octanol–water partition coefficient (Wildman–Crippen LogP) is 1.70. The number of carbonyl (C=O) groups excluding carboxylic acids is 1. The Morgan fingerprint density at radius 2 is 2.14 bits per heavy atom. The van der Waals surface area contributed by atoms with Gasteiger partial charge in [0.25, 0.3) is 5.91 Å². The highest BCUT2D eigenvalue weighted by atomic mass is 32.1. The summed E-state index contributed by atoms with van der Waals surface area (Å²) in [5.41, 5.74) is 0.104. The zero-order valence-corrected chi connectivity index (χ0v) is 13.4. The van der Waals surface area contributed by atoms with Gasteiger partial charge in [-0.1, -0.05) is 24.7 Å². The summed E-state index contributed by atoms with van der Waals surface area (Å²) < 4.78 is 0. The molecule has 1 aromatic rings. The van der Waals surface area contributed by atoms with Gasteiger partial charge >= 0.3 is 0 Å². The maximum atomic E-state index is 12.2. The molecule has 0 atom stereocenters. The van der Waals surface area contributed by atoms with Gasteiger partial charge in [0.05, 0.1) is 9.75 Å². The predicted molar refractivity (Wildman–Crippen MR) is 85.5 cm³/mol. The topological polar surface area (TPSA) is 52.6 Å². The van der Waals surface area contributed by atoms with E-state index in [1.807, 2.05) is 6.07 Å². The maximum Gasteiger partial charge on any atom is 0.261 e. The van der Waals surface area contributed by atoms with Crippen LogP contribution in [0.2, 0.25) is 0 Å². The molecule has 1 aliphatic carbocycles.